The number of rotatable bonds is 6. The summed E-state index contributed by atoms with van der Waals surface area (Å²) in [5.74, 6) is 0.893. The summed E-state index contributed by atoms with van der Waals surface area (Å²) in [6.07, 6.45) is 4.13. The molecule has 2 amide bonds. The Kier molecular flexibility index (Phi) is 4.92. The number of nitrogens with one attached hydrogen (secondary N) is 2. The summed E-state index contributed by atoms with van der Waals surface area (Å²) < 4.78 is 12.6. The summed E-state index contributed by atoms with van der Waals surface area (Å²) in [6, 6.07) is 3.60. The van der Waals surface area contributed by atoms with Gasteiger partial charge in [0.2, 0.25) is 11.7 Å². The van der Waals surface area contributed by atoms with Gasteiger partial charge in [0.15, 0.2) is 0 Å². The van der Waals surface area contributed by atoms with Gasteiger partial charge in [0, 0.05) is 25.9 Å². The van der Waals surface area contributed by atoms with Gasteiger partial charge in [-0.3, -0.25) is 0 Å². The summed E-state index contributed by atoms with van der Waals surface area (Å²) >= 11 is 0. The van der Waals surface area contributed by atoms with Crippen molar-refractivity contribution in [1.82, 2.24) is 25.3 Å². The molecule has 2 N–H and O–H groups in total. The van der Waals surface area contributed by atoms with Crippen molar-refractivity contribution in [1.29, 1.82) is 0 Å². The molecule has 0 spiro atoms. The Morgan fingerprint density at radius 1 is 1.48 bits per heavy atom. The number of aromatic nitrogens is 3. The molecule has 0 saturated carbocycles. The maximum Gasteiger partial charge on any atom is 0.315 e. The third-order valence-corrected chi connectivity index (χ3v) is 3.78. The van der Waals surface area contributed by atoms with Crippen molar-refractivity contribution in [3.8, 4) is 11.5 Å². The van der Waals surface area contributed by atoms with E-state index in [4.69, 9.17) is 9.26 Å². The maximum absolute atomic E-state index is 11.7. The van der Waals surface area contributed by atoms with Gasteiger partial charge < -0.3 is 24.5 Å². The summed E-state index contributed by atoms with van der Waals surface area (Å²) in [5, 5.41) is 9.44. The lowest BCUT2D eigenvalue weighted by molar-refractivity contribution is 0.111. The quantitative estimate of drug-likeness (QED) is 0.842. The van der Waals surface area contributed by atoms with Crippen LogP contribution in [0.3, 0.4) is 0 Å². The van der Waals surface area contributed by atoms with E-state index in [2.05, 4.69) is 20.8 Å². The zero-order valence-corrected chi connectivity index (χ0v) is 13.1. The molecule has 8 heteroatoms. The van der Waals surface area contributed by atoms with Crippen molar-refractivity contribution in [2.75, 3.05) is 13.2 Å². The monoisotopic (exact) mass is 319 g/mol. The average Bonchev–Trinajstić information content (AvgIpc) is 3.31. The molecule has 1 saturated heterocycles. The van der Waals surface area contributed by atoms with Gasteiger partial charge in [-0.1, -0.05) is 5.16 Å². The van der Waals surface area contributed by atoms with Gasteiger partial charge in [-0.2, -0.15) is 4.98 Å². The molecule has 0 bridgehead atoms. The van der Waals surface area contributed by atoms with Gasteiger partial charge in [-0.05, 0) is 31.9 Å². The molecule has 2 aromatic rings. The van der Waals surface area contributed by atoms with Crippen molar-refractivity contribution < 1.29 is 14.1 Å². The number of ether oxygens (including phenoxy) is 1. The highest BCUT2D eigenvalue weighted by Crippen LogP contribution is 2.16. The van der Waals surface area contributed by atoms with Gasteiger partial charge >= 0.3 is 6.03 Å². The van der Waals surface area contributed by atoms with Crippen LogP contribution >= 0.6 is 0 Å². The second-order valence-corrected chi connectivity index (χ2v) is 5.39. The average molecular weight is 319 g/mol. The second-order valence-electron chi connectivity index (χ2n) is 5.39. The third kappa shape index (κ3) is 3.89. The molecule has 0 radical (unpaired) electrons. The van der Waals surface area contributed by atoms with Gasteiger partial charge in [0.25, 0.3) is 0 Å². The molecule has 124 valence electrons. The fourth-order valence-corrected chi connectivity index (χ4v) is 2.55. The number of nitrogens with zero attached hydrogens (tertiary/aromatic N) is 3. The van der Waals surface area contributed by atoms with E-state index in [1.807, 2.05) is 29.8 Å². The van der Waals surface area contributed by atoms with E-state index >= 15 is 0 Å². The highest BCUT2D eigenvalue weighted by molar-refractivity contribution is 5.73. The zero-order valence-electron chi connectivity index (χ0n) is 13.1. The minimum absolute atomic E-state index is 0.123. The van der Waals surface area contributed by atoms with Crippen molar-refractivity contribution in [2.45, 2.75) is 39.0 Å². The summed E-state index contributed by atoms with van der Waals surface area (Å²) in [6.45, 7) is 4.36. The Hall–Kier alpha value is -2.35. The van der Waals surface area contributed by atoms with Crippen LogP contribution in [0.15, 0.2) is 22.9 Å². The molecule has 1 atom stereocenters. The van der Waals surface area contributed by atoms with Crippen LogP contribution in [0, 0.1) is 0 Å². The first-order valence-electron chi connectivity index (χ1n) is 7.87. The first kappa shape index (κ1) is 15.5. The Morgan fingerprint density at radius 2 is 2.39 bits per heavy atom. The van der Waals surface area contributed by atoms with Gasteiger partial charge in [-0.15, -0.1) is 0 Å². The molecule has 1 aliphatic heterocycles. The van der Waals surface area contributed by atoms with Crippen LogP contribution in [0.4, 0.5) is 4.79 Å². The molecule has 0 aromatic carbocycles. The summed E-state index contributed by atoms with van der Waals surface area (Å²) in [5.41, 5.74) is 0.894. The molecule has 1 fully saturated rings. The van der Waals surface area contributed by atoms with Gasteiger partial charge in [0.1, 0.15) is 0 Å². The van der Waals surface area contributed by atoms with E-state index in [-0.39, 0.29) is 18.7 Å². The molecule has 3 rings (SSSR count). The number of hydrogen-bond donors (Lipinski definition) is 2. The fourth-order valence-electron chi connectivity index (χ4n) is 2.55. The molecule has 2 aromatic heterocycles. The standard InChI is InChI=1S/C15H21N5O3/c1-2-20-7-3-6-12(20)14-18-13(23-19-14)10-17-15(21)16-9-11-5-4-8-22-11/h3,6-7,11H,2,4-5,8-10H2,1H3,(H2,16,17,21). The fraction of sp³-hybridized carbons (Fsp3) is 0.533. The largest absolute Gasteiger partial charge is 0.376 e. The Bertz CT molecular complexity index is 645. The summed E-state index contributed by atoms with van der Waals surface area (Å²) in [4.78, 5) is 16.0. The second kappa shape index (κ2) is 7.28. The SMILES string of the molecule is CCn1cccc1-c1noc(CNC(=O)NCC2CCCO2)n1. The Labute approximate surface area is 134 Å². The van der Waals surface area contributed by atoms with Crippen LogP contribution in [0.2, 0.25) is 0 Å². The number of amides is 2. The van der Waals surface area contributed by atoms with Crippen LogP contribution in [0.1, 0.15) is 25.7 Å². The minimum Gasteiger partial charge on any atom is -0.376 e. The lowest BCUT2D eigenvalue weighted by Crippen LogP contribution is -2.39. The highest BCUT2D eigenvalue weighted by Gasteiger charge is 2.16. The first-order chi connectivity index (χ1) is 11.3. The normalized spacial score (nSPS) is 17.3. The van der Waals surface area contributed by atoms with Crippen molar-refractivity contribution in [2.24, 2.45) is 0 Å². The summed E-state index contributed by atoms with van der Waals surface area (Å²) in [7, 11) is 0. The highest BCUT2D eigenvalue weighted by atomic mass is 16.5. The van der Waals surface area contributed by atoms with Crippen molar-refractivity contribution in [3.05, 3.63) is 24.2 Å². The van der Waals surface area contributed by atoms with E-state index in [0.717, 1.165) is 31.7 Å². The van der Waals surface area contributed by atoms with E-state index in [9.17, 15) is 4.79 Å². The van der Waals surface area contributed by atoms with E-state index in [0.29, 0.717) is 18.3 Å². The molecular weight excluding hydrogens is 298 g/mol. The van der Waals surface area contributed by atoms with Crippen LogP contribution in [0.25, 0.3) is 11.5 Å². The molecule has 3 heterocycles. The van der Waals surface area contributed by atoms with Gasteiger partial charge in [-0.25, -0.2) is 4.79 Å². The zero-order chi connectivity index (χ0) is 16.1. The topological polar surface area (TPSA) is 94.2 Å². The van der Waals surface area contributed by atoms with Gasteiger partial charge in [0.05, 0.1) is 18.3 Å². The van der Waals surface area contributed by atoms with Crippen LogP contribution in [0.5, 0.6) is 0 Å². The van der Waals surface area contributed by atoms with E-state index in [1.165, 1.54) is 0 Å². The minimum atomic E-state index is -0.266. The number of aryl methyl sites for hydroxylation is 1. The predicted octanol–water partition coefficient (Wildman–Crippen LogP) is 1.54. The molecular formula is C15H21N5O3. The molecule has 23 heavy (non-hydrogen) atoms. The maximum atomic E-state index is 11.7. The van der Waals surface area contributed by atoms with Crippen LogP contribution in [-0.4, -0.2) is 40.0 Å². The molecule has 8 nitrogen and oxygen atoms in total. The number of carbonyl (C=O) groups excluding carboxylic acids is 1. The number of urea groups is 1. The lowest BCUT2D eigenvalue weighted by Gasteiger charge is -2.10. The van der Waals surface area contributed by atoms with E-state index in [1.54, 1.807) is 0 Å². The van der Waals surface area contributed by atoms with E-state index < -0.39 is 0 Å². The Morgan fingerprint density at radius 3 is 3.17 bits per heavy atom. The Balaban J connectivity index is 1.48. The number of carbonyl (C=O) groups is 1. The van der Waals surface area contributed by atoms with Crippen LogP contribution in [-0.2, 0) is 17.8 Å². The smallest absolute Gasteiger partial charge is 0.315 e. The molecule has 1 aliphatic rings. The van der Waals surface area contributed by atoms with Crippen molar-refractivity contribution >= 4 is 6.03 Å². The first-order valence-corrected chi connectivity index (χ1v) is 7.87. The van der Waals surface area contributed by atoms with Crippen molar-refractivity contribution in [3.63, 3.8) is 0 Å². The third-order valence-electron chi connectivity index (χ3n) is 3.78. The molecule has 1 unspecified atom stereocenters. The predicted molar refractivity (Wildman–Crippen MR) is 82.6 cm³/mol. The lowest BCUT2D eigenvalue weighted by atomic mass is 10.2. The number of hydrogen-bond acceptors (Lipinski definition) is 5. The molecule has 0 aliphatic carbocycles. The van der Waals surface area contributed by atoms with Crippen LogP contribution < -0.4 is 10.6 Å².